The maximum atomic E-state index is 13.2. The van der Waals surface area contributed by atoms with Crippen molar-refractivity contribution in [2.24, 2.45) is 0 Å². The molecule has 1 atom stereocenters. The van der Waals surface area contributed by atoms with E-state index in [1.165, 1.54) is 11.3 Å². The van der Waals surface area contributed by atoms with Gasteiger partial charge in [0.05, 0.1) is 22.2 Å². The first kappa shape index (κ1) is 31.6. The average molecular weight is 645 g/mol. The molecule has 0 saturated heterocycles. The summed E-state index contributed by atoms with van der Waals surface area (Å²) in [4.78, 5) is 29.3. The second kappa shape index (κ2) is 13.1. The third kappa shape index (κ3) is 7.48. The van der Waals surface area contributed by atoms with Crippen LogP contribution in [0.3, 0.4) is 0 Å². The van der Waals surface area contributed by atoms with E-state index in [-0.39, 0.29) is 11.3 Å². The summed E-state index contributed by atoms with van der Waals surface area (Å²) in [6, 6.07) is 21.7. The standard InChI is InChI=1S/C33H32N4O6S2/c1-19-14-20(2)30(21(3)15-19)45(41,42)37-28(31(38)39)16-22-8-10-23(11-9-22)24-6-5-7-25(17-24)34-32(40)36-33-35-27-13-12-26(43-4)18-29(27)44-33/h5-15,17-18,28,37H,16H2,1-4H3,(H,38,39)(H2,34,35,36,40)/t28-/m0/s1. The number of rotatable bonds is 10. The summed E-state index contributed by atoms with van der Waals surface area (Å²) in [6.45, 7) is 5.27. The van der Waals surface area contributed by atoms with Crippen molar-refractivity contribution in [3.8, 4) is 16.9 Å². The molecule has 4 N–H and O–H groups in total. The van der Waals surface area contributed by atoms with Crippen molar-refractivity contribution in [3.05, 3.63) is 101 Å². The van der Waals surface area contributed by atoms with E-state index in [1.807, 2.05) is 55.5 Å². The van der Waals surface area contributed by atoms with E-state index >= 15 is 0 Å². The molecule has 0 aliphatic rings. The van der Waals surface area contributed by atoms with Crippen LogP contribution in [0.25, 0.3) is 21.3 Å². The van der Waals surface area contributed by atoms with Crippen molar-refractivity contribution in [3.63, 3.8) is 0 Å². The summed E-state index contributed by atoms with van der Waals surface area (Å²) < 4.78 is 34.9. The van der Waals surface area contributed by atoms with Crippen molar-refractivity contribution in [1.82, 2.24) is 9.71 Å². The van der Waals surface area contributed by atoms with E-state index in [0.29, 0.717) is 33.3 Å². The molecule has 1 heterocycles. The molecule has 5 aromatic rings. The highest BCUT2D eigenvalue weighted by atomic mass is 32.2. The summed E-state index contributed by atoms with van der Waals surface area (Å²) in [5.41, 5.74) is 5.67. The van der Waals surface area contributed by atoms with Gasteiger partial charge in [-0.25, -0.2) is 18.2 Å². The van der Waals surface area contributed by atoms with Gasteiger partial charge in [-0.1, -0.05) is 65.4 Å². The van der Waals surface area contributed by atoms with Gasteiger partial charge in [-0.3, -0.25) is 10.1 Å². The van der Waals surface area contributed by atoms with Crippen molar-refractivity contribution in [2.75, 3.05) is 17.7 Å². The van der Waals surface area contributed by atoms with Gasteiger partial charge in [0, 0.05) is 5.69 Å². The molecule has 0 aliphatic heterocycles. The number of hydrogen-bond acceptors (Lipinski definition) is 7. The number of amides is 2. The minimum absolute atomic E-state index is 0.0425. The minimum Gasteiger partial charge on any atom is -0.497 e. The number of nitrogens with zero attached hydrogens (tertiary/aromatic N) is 1. The van der Waals surface area contributed by atoms with E-state index in [1.54, 1.807) is 51.3 Å². The third-order valence-electron chi connectivity index (χ3n) is 7.13. The molecule has 5 rings (SSSR count). The number of sulfonamides is 1. The number of ether oxygens (including phenoxy) is 1. The first-order valence-electron chi connectivity index (χ1n) is 14.0. The molecule has 12 heteroatoms. The fraction of sp³-hybridized carbons (Fsp3) is 0.182. The maximum absolute atomic E-state index is 13.2. The van der Waals surface area contributed by atoms with Crippen LogP contribution in [-0.4, -0.2) is 43.7 Å². The second-order valence-corrected chi connectivity index (χ2v) is 13.3. The molecule has 0 radical (unpaired) electrons. The number of fused-ring (bicyclic) bond motifs is 1. The zero-order valence-electron chi connectivity index (χ0n) is 25.0. The summed E-state index contributed by atoms with van der Waals surface area (Å²) in [7, 11) is -2.49. The fourth-order valence-electron chi connectivity index (χ4n) is 5.21. The number of thiazole rings is 1. The van der Waals surface area contributed by atoms with E-state index < -0.39 is 28.1 Å². The number of urea groups is 1. The van der Waals surface area contributed by atoms with Gasteiger partial charge in [0.2, 0.25) is 10.0 Å². The van der Waals surface area contributed by atoms with E-state index in [9.17, 15) is 23.1 Å². The van der Waals surface area contributed by atoms with Crippen molar-refractivity contribution in [2.45, 2.75) is 38.1 Å². The first-order chi connectivity index (χ1) is 21.4. The van der Waals surface area contributed by atoms with Gasteiger partial charge >= 0.3 is 12.0 Å². The quantitative estimate of drug-likeness (QED) is 0.135. The van der Waals surface area contributed by atoms with E-state index in [0.717, 1.165) is 26.9 Å². The number of aromatic nitrogens is 1. The summed E-state index contributed by atoms with van der Waals surface area (Å²) in [5.74, 6) is -0.561. The number of aliphatic carboxylic acids is 1. The molecule has 4 aromatic carbocycles. The van der Waals surface area contributed by atoms with Crippen LogP contribution in [0.5, 0.6) is 5.75 Å². The van der Waals surface area contributed by atoms with Gasteiger partial charge in [-0.2, -0.15) is 4.72 Å². The molecule has 0 aliphatic carbocycles. The Balaban J connectivity index is 1.25. The summed E-state index contributed by atoms with van der Waals surface area (Å²) >= 11 is 1.34. The number of benzene rings is 4. The Hall–Kier alpha value is -4.78. The van der Waals surface area contributed by atoms with Gasteiger partial charge in [-0.15, -0.1) is 0 Å². The van der Waals surface area contributed by atoms with Crippen molar-refractivity contribution in [1.29, 1.82) is 0 Å². The highest BCUT2D eigenvalue weighted by Crippen LogP contribution is 2.30. The number of nitrogens with one attached hydrogen (secondary N) is 3. The highest BCUT2D eigenvalue weighted by molar-refractivity contribution is 7.89. The normalized spacial score (nSPS) is 12.1. The lowest BCUT2D eigenvalue weighted by Crippen LogP contribution is -2.42. The predicted molar refractivity (Wildman–Crippen MR) is 177 cm³/mol. The Kier molecular flexibility index (Phi) is 9.19. The van der Waals surface area contributed by atoms with Crippen LogP contribution in [0.2, 0.25) is 0 Å². The van der Waals surface area contributed by atoms with E-state index in [2.05, 4.69) is 20.3 Å². The van der Waals surface area contributed by atoms with Gasteiger partial charge in [-0.05, 0) is 85.3 Å². The number of carboxylic acids is 1. The van der Waals surface area contributed by atoms with Crippen LogP contribution < -0.4 is 20.1 Å². The topological polar surface area (TPSA) is 147 Å². The second-order valence-electron chi connectivity index (χ2n) is 10.7. The fourth-order valence-corrected chi connectivity index (χ4v) is 7.74. The molecule has 0 unspecified atom stereocenters. The van der Waals surface area contributed by atoms with Crippen LogP contribution in [0.15, 0.2) is 83.8 Å². The molecular formula is C33H32N4O6S2. The number of hydrogen-bond donors (Lipinski definition) is 4. The molecule has 0 saturated carbocycles. The molecule has 10 nitrogen and oxygen atoms in total. The Labute approximate surface area is 265 Å². The third-order valence-corrected chi connectivity index (χ3v) is 9.84. The monoisotopic (exact) mass is 644 g/mol. The Morgan fingerprint density at radius 1 is 0.911 bits per heavy atom. The van der Waals surface area contributed by atoms with Crippen LogP contribution in [-0.2, 0) is 21.2 Å². The zero-order valence-corrected chi connectivity index (χ0v) is 26.7. The minimum atomic E-state index is -4.08. The largest absolute Gasteiger partial charge is 0.497 e. The lowest BCUT2D eigenvalue weighted by molar-refractivity contribution is -0.138. The Morgan fingerprint density at radius 2 is 1.62 bits per heavy atom. The van der Waals surface area contributed by atoms with E-state index in [4.69, 9.17) is 4.74 Å². The Bertz CT molecular complexity index is 1980. The van der Waals surface area contributed by atoms with Gasteiger partial charge < -0.3 is 15.2 Å². The molecule has 0 bridgehead atoms. The predicted octanol–water partition coefficient (Wildman–Crippen LogP) is 6.52. The SMILES string of the molecule is COc1ccc2nc(NC(=O)Nc3cccc(-c4ccc(C[C@H](NS(=O)(=O)c5c(C)cc(C)cc5C)C(=O)O)cc4)c3)sc2c1. The number of carbonyl (C=O) groups is 2. The molecule has 0 spiro atoms. The highest BCUT2D eigenvalue weighted by Gasteiger charge is 2.28. The molecule has 0 fully saturated rings. The Morgan fingerprint density at radius 3 is 2.29 bits per heavy atom. The van der Waals surface area contributed by atoms with Crippen LogP contribution >= 0.6 is 11.3 Å². The number of carboxylic acid groups (broad SMARTS) is 1. The van der Waals surface area contributed by atoms with Crippen molar-refractivity contribution >= 4 is 54.4 Å². The average Bonchev–Trinajstić information content (AvgIpc) is 3.37. The van der Waals surface area contributed by atoms with Crippen molar-refractivity contribution < 1.29 is 27.9 Å². The lowest BCUT2D eigenvalue weighted by atomic mass is 10.0. The first-order valence-corrected chi connectivity index (χ1v) is 16.3. The number of methoxy groups -OCH3 is 1. The van der Waals surface area contributed by atoms with Gasteiger partial charge in [0.1, 0.15) is 11.8 Å². The van der Waals surface area contributed by atoms with Gasteiger partial charge in [0.25, 0.3) is 0 Å². The smallest absolute Gasteiger partial charge is 0.325 e. The summed E-state index contributed by atoms with van der Waals surface area (Å²) in [6.07, 6.45) is -0.0425. The molecule has 2 amide bonds. The number of aryl methyl sites for hydroxylation is 3. The maximum Gasteiger partial charge on any atom is 0.325 e. The molecule has 45 heavy (non-hydrogen) atoms. The number of carbonyl (C=O) groups excluding carboxylic acids is 1. The molecular weight excluding hydrogens is 613 g/mol. The lowest BCUT2D eigenvalue weighted by Gasteiger charge is -2.18. The van der Waals surface area contributed by atoms with Crippen LogP contribution in [0, 0.1) is 20.8 Å². The van der Waals surface area contributed by atoms with Gasteiger partial charge in [0.15, 0.2) is 5.13 Å². The summed E-state index contributed by atoms with van der Waals surface area (Å²) in [5, 5.41) is 15.9. The number of anilines is 2. The molecule has 1 aromatic heterocycles. The van der Waals surface area contributed by atoms with Crippen LogP contribution in [0.4, 0.5) is 15.6 Å². The molecule has 232 valence electrons. The zero-order chi connectivity index (χ0) is 32.3. The van der Waals surface area contributed by atoms with Crippen LogP contribution in [0.1, 0.15) is 22.3 Å².